The predicted octanol–water partition coefficient (Wildman–Crippen LogP) is 6.64. The van der Waals surface area contributed by atoms with Crippen LogP contribution in [0.2, 0.25) is 0 Å². The van der Waals surface area contributed by atoms with E-state index in [1.165, 1.54) is 17.4 Å². The van der Waals surface area contributed by atoms with Gasteiger partial charge < -0.3 is 9.15 Å². The number of fused-ring (bicyclic) bond motifs is 3. The lowest BCUT2D eigenvalue weighted by atomic mass is 10.2. The van der Waals surface area contributed by atoms with Crippen LogP contribution in [-0.2, 0) is 0 Å². The van der Waals surface area contributed by atoms with Crippen LogP contribution < -0.4 is 15.7 Å². The van der Waals surface area contributed by atoms with Crippen LogP contribution in [0.3, 0.4) is 0 Å². The van der Waals surface area contributed by atoms with Crippen LogP contribution in [0, 0.1) is 0 Å². The third kappa shape index (κ3) is 3.81. The lowest BCUT2D eigenvalue weighted by Crippen LogP contribution is -2.02. The van der Waals surface area contributed by atoms with Gasteiger partial charge in [0.25, 0.3) is 0 Å². The summed E-state index contributed by atoms with van der Waals surface area (Å²) in [7, 11) is 0. The number of nitrogens with zero attached hydrogens (tertiary/aromatic N) is 3. The molecule has 0 bridgehead atoms. The quantitative estimate of drug-likeness (QED) is 0.262. The van der Waals surface area contributed by atoms with Crippen LogP contribution in [-0.4, -0.2) is 15.0 Å². The van der Waals surface area contributed by atoms with Gasteiger partial charge in [-0.25, -0.2) is 14.8 Å². The van der Waals surface area contributed by atoms with E-state index in [1.807, 2.05) is 54.6 Å². The third-order valence-corrected chi connectivity index (χ3v) is 6.38. The number of thiazole rings is 1. The highest BCUT2D eigenvalue weighted by Crippen LogP contribution is 2.34. The molecule has 0 radical (unpaired) electrons. The van der Waals surface area contributed by atoms with Gasteiger partial charge in [-0.3, -0.25) is 5.32 Å². The molecule has 0 atom stereocenters. The number of halogens is 1. The Morgan fingerprint density at radius 2 is 1.70 bits per heavy atom. The van der Waals surface area contributed by atoms with Gasteiger partial charge in [-0.15, -0.1) is 0 Å². The Hall–Kier alpha value is -3.82. The minimum Gasteiger partial charge on any atom is -0.437 e. The number of benzene rings is 3. The van der Waals surface area contributed by atoms with Crippen molar-refractivity contribution in [2.75, 3.05) is 5.32 Å². The molecule has 6 rings (SSSR count). The predicted molar refractivity (Wildman–Crippen MR) is 133 cm³/mol. The number of rotatable bonds is 4. The van der Waals surface area contributed by atoms with Gasteiger partial charge in [0.2, 0.25) is 11.8 Å². The maximum atomic E-state index is 12.1. The molecule has 3 aromatic carbocycles. The van der Waals surface area contributed by atoms with Gasteiger partial charge in [0.15, 0.2) is 5.13 Å². The Balaban J connectivity index is 1.45. The van der Waals surface area contributed by atoms with Crippen molar-refractivity contribution in [1.82, 2.24) is 15.0 Å². The summed E-state index contributed by atoms with van der Waals surface area (Å²) >= 11 is 4.99. The van der Waals surface area contributed by atoms with Crippen molar-refractivity contribution >= 4 is 70.4 Å². The zero-order chi connectivity index (χ0) is 22.4. The Kier molecular flexibility index (Phi) is 4.78. The third-order valence-electron chi connectivity index (χ3n) is 4.96. The average molecular weight is 517 g/mol. The fourth-order valence-electron chi connectivity index (χ4n) is 3.50. The van der Waals surface area contributed by atoms with Crippen molar-refractivity contribution in [3.05, 3.63) is 87.7 Å². The summed E-state index contributed by atoms with van der Waals surface area (Å²) in [5, 5.41) is 5.24. The molecule has 9 heteroatoms. The van der Waals surface area contributed by atoms with E-state index in [1.54, 1.807) is 12.1 Å². The first kappa shape index (κ1) is 19.8. The number of ether oxygens (including phenoxy) is 1. The molecule has 0 aliphatic carbocycles. The molecule has 0 aliphatic rings. The molecule has 0 amide bonds. The van der Waals surface area contributed by atoms with Crippen molar-refractivity contribution in [2.24, 2.45) is 0 Å². The van der Waals surface area contributed by atoms with E-state index in [4.69, 9.17) is 9.15 Å². The SMILES string of the molecule is O=c1cc(Oc2nc(Nc3nc4ccc(Br)cc4s3)nc3ccccc23)c2ccccc2o1. The number of hydrogen-bond donors (Lipinski definition) is 1. The van der Waals surface area contributed by atoms with Crippen LogP contribution in [0.5, 0.6) is 11.6 Å². The lowest BCUT2D eigenvalue weighted by Gasteiger charge is -2.11. The van der Waals surface area contributed by atoms with Gasteiger partial charge in [-0.1, -0.05) is 51.5 Å². The van der Waals surface area contributed by atoms with Gasteiger partial charge in [0.1, 0.15) is 11.3 Å². The summed E-state index contributed by atoms with van der Waals surface area (Å²) in [6.07, 6.45) is 0. The van der Waals surface area contributed by atoms with E-state index in [0.717, 1.165) is 14.7 Å². The first-order chi connectivity index (χ1) is 16.1. The molecular weight excluding hydrogens is 504 g/mol. The zero-order valence-corrected chi connectivity index (χ0v) is 19.2. The second kappa shape index (κ2) is 7.95. The second-order valence-electron chi connectivity index (χ2n) is 7.15. The van der Waals surface area contributed by atoms with Gasteiger partial charge >= 0.3 is 5.63 Å². The van der Waals surface area contributed by atoms with E-state index in [-0.39, 0.29) is 0 Å². The van der Waals surface area contributed by atoms with Crippen LogP contribution in [0.25, 0.3) is 32.1 Å². The number of para-hydroxylation sites is 2. The molecule has 160 valence electrons. The molecule has 7 nitrogen and oxygen atoms in total. The Labute approximate surface area is 198 Å². The smallest absolute Gasteiger partial charge is 0.339 e. The van der Waals surface area contributed by atoms with E-state index < -0.39 is 5.63 Å². The summed E-state index contributed by atoms with van der Waals surface area (Å²) in [5.74, 6) is 1.03. The fourth-order valence-corrected chi connectivity index (χ4v) is 4.91. The maximum Gasteiger partial charge on any atom is 0.339 e. The standard InChI is InChI=1S/C24H13BrN4O3S/c25-13-9-10-17-20(11-13)33-24(27-17)29-23-26-16-7-3-1-5-14(16)22(28-23)32-19-12-21(30)31-18-8-4-2-6-15(18)19/h1-12H,(H,26,27,28,29). The van der Waals surface area contributed by atoms with E-state index >= 15 is 0 Å². The fraction of sp³-hybridized carbons (Fsp3) is 0. The Bertz CT molecular complexity index is 1730. The minimum atomic E-state index is -0.499. The molecule has 0 saturated carbocycles. The normalized spacial score (nSPS) is 11.3. The van der Waals surface area contributed by atoms with Crippen LogP contribution in [0.4, 0.5) is 11.1 Å². The van der Waals surface area contributed by atoms with E-state index in [0.29, 0.717) is 44.6 Å². The molecule has 0 saturated heterocycles. The summed E-state index contributed by atoms with van der Waals surface area (Å²) in [4.78, 5) is 25.9. The molecule has 6 aromatic rings. The highest BCUT2D eigenvalue weighted by Gasteiger charge is 2.14. The van der Waals surface area contributed by atoms with Crippen LogP contribution >= 0.6 is 27.3 Å². The minimum absolute atomic E-state index is 0.322. The Morgan fingerprint density at radius 1 is 0.879 bits per heavy atom. The molecule has 33 heavy (non-hydrogen) atoms. The summed E-state index contributed by atoms with van der Waals surface area (Å²) < 4.78 is 13.5. The second-order valence-corrected chi connectivity index (χ2v) is 9.10. The number of aromatic nitrogens is 3. The summed E-state index contributed by atoms with van der Waals surface area (Å²) in [5.41, 5.74) is 1.52. The molecule has 1 N–H and O–H groups in total. The van der Waals surface area contributed by atoms with Crippen molar-refractivity contribution in [1.29, 1.82) is 0 Å². The number of hydrogen-bond acceptors (Lipinski definition) is 8. The van der Waals surface area contributed by atoms with Gasteiger partial charge in [0, 0.05) is 4.47 Å². The molecule has 0 aliphatic heterocycles. The van der Waals surface area contributed by atoms with Crippen molar-refractivity contribution in [2.45, 2.75) is 0 Å². The maximum absolute atomic E-state index is 12.1. The largest absolute Gasteiger partial charge is 0.437 e. The van der Waals surface area contributed by atoms with Crippen molar-refractivity contribution in [3.63, 3.8) is 0 Å². The van der Waals surface area contributed by atoms with Gasteiger partial charge in [0.05, 0.1) is 32.6 Å². The first-order valence-corrected chi connectivity index (χ1v) is 11.5. The highest BCUT2D eigenvalue weighted by molar-refractivity contribution is 9.10. The van der Waals surface area contributed by atoms with Crippen molar-refractivity contribution in [3.8, 4) is 11.6 Å². The highest BCUT2D eigenvalue weighted by atomic mass is 79.9. The number of nitrogens with one attached hydrogen (secondary N) is 1. The molecular formula is C24H13BrN4O3S. The summed E-state index contributed by atoms with van der Waals surface area (Å²) in [6, 6.07) is 22.0. The molecule has 3 aromatic heterocycles. The molecule has 0 unspecified atom stereocenters. The molecule has 0 fully saturated rings. The first-order valence-electron chi connectivity index (χ1n) is 9.93. The van der Waals surface area contributed by atoms with E-state index in [9.17, 15) is 4.79 Å². The van der Waals surface area contributed by atoms with Crippen molar-refractivity contribution < 1.29 is 9.15 Å². The van der Waals surface area contributed by atoms with Gasteiger partial charge in [-0.2, -0.15) is 4.98 Å². The van der Waals surface area contributed by atoms with Crippen LogP contribution in [0.1, 0.15) is 0 Å². The molecule has 0 spiro atoms. The Morgan fingerprint density at radius 3 is 2.61 bits per heavy atom. The average Bonchev–Trinajstić information content (AvgIpc) is 3.20. The van der Waals surface area contributed by atoms with Gasteiger partial charge in [-0.05, 0) is 42.5 Å². The molecule has 3 heterocycles. The topological polar surface area (TPSA) is 90.1 Å². The van der Waals surface area contributed by atoms with Crippen LogP contribution in [0.15, 0.2) is 86.5 Å². The van der Waals surface area contributed by atoms with E-state index in [2.05, 4.69) is 36.2 Å². The number of anilines is 2. The summed E-state index contributed by atoms with van der Waals surface area (Å²) in [6.45, 7) is 0. The zero-order valence-electron chi connectivity index (χ0n) is 16.8. The lowest BCUT2D eigenvalue weighted by molar-refractivity contribution is 0.463. The monoisotopic (exact) mass is 516 g/mol.